The molecule has 0 saturated carbocycles. The van der Waals surface area contributed by atoms with Gasteiger partial charge in [-0.1, -0.05) is 0 Å². The van der Waals surface area contributed by atoms with Gasteiger partial charge in [-0.05, 0) is 0 Å². The van der Waals surface area contributed by atoms with Gasteiger partial charge in [-0.2, -0.15) is 5.26 Å². The van der Waals surface area contributed by atoms with Gasteiger partial charge in [0.05, 0.1) is 10.5 Å². The first-order chi connectivity index (χ1) is 9.61. The van der Waals surface area contributed by atoms with Crippen LogP contribution in [0, 0.1) is 21.4 Å². The van der Waals surface area contributed by atoms with E-state index in [0.717, 1.165) is 5.82 Å². The predicted molar refractivity (Wildman–Crippen MR) is 68.8 cm³/mol. The minimum Gasteiger partial charge on any atom is -0.364 e. The van der Waals surface area contributed by atoms with E-state index >= 15 is 0 Å². The SMILES string of the molecule is Cn1cnnc1CCNc1ncc(C#N)cc1[N+](=O)[O-]. The summed E-state index contributed by atoms with van der Waals surface area (Å²) in [6.07, 6.45) is 3.42. The molecule has 0 atom stereocenters. The highest BCUT2D eigenvalue weighted by Crippen LogP contribution is 2.22. The zero-order chi connectivity index (χ0) is 14.5. The lowest BCUT2D eigenvalue weighted by atomic mass is 10.2. The van der Waals surface area contributed by atoms with Gasteiger partial charge in [-0.15, -0.1) is 10.2 Å². The van der Waals surface area contributed by atoms with E-state index in [2.05, 4.69) is 20.5 Å². The Hall–Kier alpha value is -3.02. The molecule has 0 saturated heterocycles. The summed E-state index contributed by atoms with van der Waals surface area (Å²) >= 11 is 0. The average Bonchev–Trinajstić information content (AvgIpc) is 2.84. The van der Waals surface area contributed by atoms with E-state index in [0.29, 0.717) is 13.0 Å². The third-order valence-electron chi connectivity index (χ3n) is 2.64. The number of hydrogen-bond donors (Lipinski definition) is 1. The van der Waals surface area contributed by atoms with Crippen molar-refractivity contribution in [2.45, 2.75) is 6.42 Å². The monoisotopic (exact) mass is 273 g/mol. The van der Waals surface area contributed by atoms with Crippen LogP contribution in [0.3, 0.4) is 0 Å². The first-order valence-electron chi connectivity index (χ1n) is 5.73. The van der Waals surface area contributed by atoms with Crippen molar-refractivity contribution in [2.24, 2.45) is 7.05 Å². The van der Waals surface area contributed by atoms with Crippen LogP contribution in [0.2, 0.25) is 0 Å². The molecule has 0 bridgehead atoms. The number of rotatable bonds is 5. The smallest absolute Gasteiger partial charge is 0.312 e. The number of nitrogens with one attached hydrogen (secondary N) is 1. The van der Waals surface area contributed by atoms with E-state index < -0.39 is 4.92 Å². The van der Waals surface area contributed by atoms with Gasteiger partial charge in [0.25, 0.3) is 0 Å². The molecule has 0 aliphatic carbocycles. The minimum atomic E-state index is -0.571. The number of nitrogens with zero attached hydrogens (tertiary/aromatic N) is 6. The molecule has 20 heavy (non-hydrogen) atoms. The third-order valence-corrected chi connectivity index (χ3v) is 2.64. The van der Waals surface area contributed by atoms with Crippen LogP contribution in [0.25, 0.3) is 0 Å². The first-order valence-corrected chi connectivity index (χ1v) is 5.73. The van der Waals surface area contributed by atoms with E-state index in [9.17, 15) is 10.1 Å². The zero-order valence-electron chi connectivity index (χ0n) is 10.6. The van der Waals surface area contributed by atoms with Gasteiger partial charge in [-0.3, -0.25) is 10.1 Å². The molecular formula is C11H11N7O2. The lowest BCUT2D eigenvalue weighted by Crippen LogP contribution is -2.11. The van der Waals surface area contributed by atoms with Gasteiger partial charge in [-0.25, -0.2) is 4.98 Å². The Morgan fingerprint density at radius 2 is 2.40 bits per heavy atom. The second kappa shape index (κ2) is 5.75. The van der Waals surface area contributed by atoms with Crippen molar-refractivity contribution in [1.82, 2.24) is 19.7 Å². The molecule has 0 aliphatic heterocycles. The van der Waals surface area contributed by atoms with Gasteiger partial charge in [0.1, 0.15) is 18.2 Å². The molecule has 0 radical (unpaired) electrons. The van der Waals surface area contributed by atoms with Crippen molar-refractivity contribution in [3.05, 3.63) is 40.1 Å². The Morgan fingerprint density at radius 1 is 1.60 bits per heavy atom. The number of pyridine rings is 1. The van der Waals surface area contributed by atoms with Gasteiger partial charge in [0, 0.05) is 32.3 Å². The number of nitro groups is 1. The Bertz CT molecular complexity index is 674. The fourth-order valence-corrected chi connectivity index (χ4v) is 1.62. The molecule has 0 unspecified atom stereocenters. The van der Waals surface area contributed by atoms with Crippen molar-refractivity contribution in [1.29, 1.82) is 5.26 Å². The van der Waals surface area contributed by atoms with Gasteiger partial charge < -0.3 is 9.88 Å². The van der Waals surface area contributed by atoms with E-state index in [1.165, 1.54) is 12.3 Å². The Balaban J connectivity index is 2.08. The highest BCUT2D eigenvalue weighted by molar-refractivity contribution is 5.58. The minimum absolute atomic E-state index is 0.135. The average molecular weight is 273 g/mol. The van der Waals surface area contributed by atoms with Crippen LogP contribution in [0.15, 0.2) is 18.6 Å². The molecule has 2 aromatic rings. The molecule has 0 spiro atoms. The Kier molecular flexibility index (Phi) is 3.85. The fourth-order valence-electron chi connectivity index (χ4n) is 1.62. The second-order valence-electron chi connectivity index (χ2n) is 4.00. The molecule has 9 heteroatoms. The van der Waals surface area contributed by atoms with E-state index in [1.807, 2.05) is 13.1 Å². The highest BCUT2D eigenvalue weighted by Gasteiger charge is 2.16. The summed E-state index contributed by atoms with van der Waals surface area (Å²) in [5.41, 5.74) is -0.0717. The van der Waals surface area contributed by atoms with Crippen LogP contribution in [0.4, 0.5) is 11.5 Å². The van der Waals surface area contributed by atoms with Crippen LogP contribution in [-0.2, 0) is 13.5 Å². The van der Waals surface area contributed by atoms with Crippen molar-refractivity contribution >= 4 is 11.5 Å². The lowest BCUT2D eigenvalue weighted by molar-refractivity contribution is -0.384. The summed E-state index contributed by atoms with van der Waals surface area (Å²) in [5.74, 6) is 0.893. The fraction of sp³-hybridized carbons (Fsp3) is 0.273. The maximum absolute atomic E-state index is 10.9. The molecule has 2 heterocycles. The molecular weight excluding hydrogens is 262 g/mol. The molecule has 0 aliphatic rings. The van der Waals surface area contributed by atoms with E-state index in [-0.39, 0.29) is 17.1 Å². The first kappa shape index (κ1) is 13.4. The summed E-state index contributed by atoms with van der Waals surface area (Å²) in [4.78, 5) is 14.2. The van der Waals surface area contributed by atoms with Crippen molar-refractivity contribution in [3.8, 4) is 6.07 Å². The number of nitriles is 1. The molecule has 2 aromatic heterocycles. The van der Waals surface area contributed by atoms with Crippen LogP contribution in [0.5, 0.6) is 0 Å². The van der Waals surface area contributed by atoms with E-state index in [4.69, 9.17) is 5.26 Å². The van der Waals surface area contributed by atoms with Crippen LogP contribution >= 0.6 is 0 Å². The van der Waals surface area contributed by atoms with Gasteiger partial charge in [0.15, 0.2) is 0 Å². The third kappa shape index (κ3) is 2.86. The largest absolute Gasteiger partial charge is 0.364 e. The zero-order valence-corrected chi connectivity index (χ0v) is 10.6. The molecule has 102 valence electrons. The molecule has 0 amide bonds. The standard InChI is InChI=1S/C11H11N7O2/c1-17-7-15-16-10(17)2-3-13-11-9(18(19)20)4-8(5-12)6-14-11/h4,6-7H,2-3H2,1H3,(H,13,14). The van der Waals surface area contributed by atoms with Gasteiger partial charge in [0.2, 0.25) is 5.82 Å². The summed E-state index contributed by atoms with van der Waals surface area (Å²) < 4.78 is 1.77. The normalized spacial score (nSPS) is 10.0. The number of aromatic nitrogens is 4. The Morgan fingerprint density at radius 3 is 3.00 bits per heavy atom. The molecule has 9 nitrogen and oxygen atoms in total. The quantitative estimate of drug-likeness (QED) is 0.626. The molecule has 0 aromatic carbocycles. The van der Waals surface area contributed by atoms with Crippen LogP contribution in [0.1, 0.15) is 11.4 Å². The predicted octanol–water partition coefficient (Wildman–Crippen LogP) is 0.645. The van der Waals surface area contributed by atoms with Crippen LogP contribution < -0.4 is 5.32 Å². The number of anilines is 1. The number of aryl methyl sites for hydroxylation is 1. The topological polar surface area (TPSA) is 123 Å². The molecule has 0 fully saturated rings. The van der Waals surface area contributed by atoms with E-state index in [1.54, 1.807) is 10.9 Å². The van der Waals surface area contributed by atoms with Crippen molar-refractivity contribution in [2.75, 3.05) is 11.9 Å². The van der Waals surface area contributed by atoms with Crippen molar-refractivity contribution < 1.29 is 4.92 Å². The number of hydrogen-bond acceptors (Lipinski definition) is 7. The molecule has 1 N–H and O–H groups in total. The van der Waals surface area contributed by atoms with Crippen molar-refractivity contribution in [3.63, 3.8) is 0 Å². The van der Waals surface area contributed by atoms with Crippen LogP contribution in [-0.4, -0.2) is 31.2 Å². The summed E-state index contributed by atoms with van der Waals surface area (Å²) in [6.45, 7) is 0.423. The summed E-state index contributed by atoms with van der Waals surface area (Å²) in [5, 5.41) is 30.2. The Labute approximate surface area is 114 Å². The maximum atomic E-state index is 10.9. The van der Waals surface area contributed by atoms with Gasteiger partial charge >= 0.3 is 5.69 Å². The highest BCUT2D eigenvalue weighted by atomic mass is 16.6. The maximum Gasteiger partial charge on any atom is 0.312 e. The summed E-state index contributed by atoms with van der Waals surface area (Å²) in [6, 6.07) is 3.01. The summed E-state index contributed by atoms with van der Waals surface area (Å²) in [7, 11) is 1.82. The second-order valence-corrected chi connectivity index (χ2v) is 4.00. The molecule has 2 rings (SSSR count). The lowest BCUT2D eigenvalue weighted by Gasteiger charge is -2.05.